The molecule has 104 valence electrons. The van der Waals surface area contributed by atoms with Gasteiger partial charge in [0.05, 0.1) is 18.4 Å². The quantitative estimate of drug-likeness (QED) is 0.794. The van der Waals surface area contributed by atoms with E-state index in [4.69, 9.17) is 5.26 Å². The lowest BCUT2D eigenvalue weighted by atomic mass is 9.84. The molecule has 2 aliphatic rings. The summed E-state index contributed by atoms with van der Waals surface area (Å²) < 4.78 is 0. The van der Waals surface area contributed by atoms with E-state index in [2.05, 4.69) is 5.32 Å². The highest BCUT2D eigenvalue weighted by Gasteiger charge is 2.51. The molecule has 0 aromatic rings. The van der Waals surface area contributed by atoms with Gasteiger partial charge in [-0.25, -0.2) is 4.79 Å². The molecule has 2 amide bonds. The summed E-state index contributed by atoms with van der Waals surface area (Å²) in [6.45, 7) is 0.362. The van der Waals surface area contributed by atoms with Crippen molar-refractivity contribution in [3.63, 3.8) is 0 Å². The van der Waals surface area contributed by atoms with Crippen molar-refractivity contribution in [3.05, 3.63) is 0 Å². The molecule has 2 saturated carbocycles. The SMILES string of the molecule is CN(CCC#N)C(=O)NC1C2CCC(C2)C1C(=O)O. The summed E-state index contributed by atoms with van der Waals surface area (Å²) in [5.41, 5.74) is 0. The van der Waals surface area contributed by atoms with Gasteiger partial charge in [0, 0.05) is 19.6 Å². The number of carbonyl (C=O) groups is 2. The zero-order valence-corrected chi connectivity index (χ0v) is 11.0. The van der Waals surface area contributed by atoms with Crippen LogP contribution in [0.15, 0.2) is 0 Å². The molecule has 0 spiro atoms. The molecule has 0 aromatic carbocycles. The van der Waals surface area contributed by atoms with Crippen LogP contribution in [0.3, 0.4) is 0 Å². The number of nitrogens with zero attached hydrogens (tertiary/aromatic N) is 2. The molecule has 0 saturated heterocycles. The predicted octanol–water partition coefficient (Wildman–Crippen LogP) is 1.04. The first-order valence-electron chi connectivity index (χ1n) is 6.66. The van der Waals surface area contributed by atoms with E-state index in [1.807, 2.05) is 6.07 Å². The molecule has 2 aliphatic carbocycles. The van der Waals surface area contributed by atoms with Crippen LogP contribution < -0.4 is 5.32 Å². The largest absolute Gasteiger partial charge is 0.481 e. The first-order chi connectivity index (χ1) is 9.04. The maximum absolute atomic E-state index is 12.0. The van der Waals surface area contributed by atoms with Gasteiger partial charge in [0.15, 0.2) is 0 Å². The fraction of sp³-hybridized carbons (Fsp3) is 0.769. The van der Waals surface area contributed by atoms with Crippen LogP contribution in [0.4, 0.5) is 4.79 Å². The Labute approximate surface area is 112 Å². The third-order valence-electron chi connectivity index (χ3n) is 4.40. The Hall–Kier alpha value is -1.77. The molecule has 4 unspecified atom stereocenters. The fourth-order valence-corrected chi connectivity index (χ4v) is 3.43. The van der Waals surface area contributed by atoms with Gasteiger partial charge in [0.2, 0.25) is 0 Å². The number of amides is 2. The van der Waals surface area contributed by atoms with Gasteiger partial charge >= 0.3 is 12.0 Å². The van der Waals surface area contributed by atoms with Crippen molar-refractivity contribution < 1.29 is 14.7 Å². The van der Waals surface area contributed by atoms with Crippen molar-refractivity contribution in [3.8, 4) is 6.07 Å². The van der Waals surface area contributed by atoms with E-state index in [1.54, 1.807) is 7.05 Å². The van der Waals surface area contributed by atoms with Crippen LogP contribution >= 0.6 is 0 Å². The Morgan fingerprint density at radius 2 is 2.11 bits per heavy atom. The van der Waals surface area contributed by atoms with Crippen molar-refractivity contribution >= 4 is 12.0 Å². The van der Waals surface area contributed by atoms with E-state index < -0.39 is 11.9 Å². The van der Waals surface area contributed by atoms with Gasteiger partial charge in [-0.2, -0.15) is 5.26 Å². The molecular weight excluding hydrogens is 246 g/mol. The van der Waals surface area contributed by atoms with Gasteiger partial charge in [-0.3, -0.25) is 4.79 Å². The summed E-state index contributed by atoms with van der Waals surface area (Å²) in [7, 11) is 1.62. The first-order valence-corrected chi connectivity index (χ1v) is 6.66. The number of carboxylic acid groups (broad SMARTS) is 1. The molecular formula is C13H19N3O3. The number of nitriles is 1. The van der Waals surface area contributed by atoms with Gasteiger partial charge in [-0.15, -0.1) is 0 Å². The van der Waals surface area contributed by atoms with Crippen LogP contribution in [0.2, 0.25) is 0 Å². The second-order valence-electron chi connectivity index (χ2n) is 5.50. The number of fused-ring (bicyclic) bond motifs is 2. The van der Waals surface area contributed by atoms with Crippen LogP contribution in [0, 0.1) is 29.1 Å². The van der Waals surface area contributed by atoms with Gasteiger partial charge in [-0.1, -0.05) is 0 Å². The van der Waals surface area contributed by atoms with E-state index >= 15 is 0 Å². The lowest BCUT2D eigenvalue weighted by molar-refractivity contribution is -0.144. The van der Waals surface area contributed by atoms with Crippen molar-refractivity contribution in [1.82, 2.24) is 10.2 Å². The zero-order valence-electron chi connectivity index (χ0n) is 11.0. The van der Waals surface area contributed by atoms with Crippen molar-refractivity contribution in [1.29, 1.82) is 5.26 Å². The second kappa shape index (κ2) is 5.47. The van der Waals surface area contributed by atoms with Gasteiger partial charge < -0.3 is 15.3 Å². The topological polar surface area (TPSA) is 93.4 Å². The molecule has 0 aliphatic heterocycles. The molecule has 0 aromatic heterocycles. The van der Waals surface area contributed by atoms with E-state index in [-0.39, 0.29) is 24.4 Å². The number of aliphatic carboxylic acids is 1. The highest BCUT2D eigenvalue weighted by atomic mass is 16.4. The molecule has 6 nitrogen and oxygen atoms in total. The van der Waals surface area contributed by atoms with Gasteiger partial charge in [0.25, 0.3) is 0 Å². The average Bonchev–Trinajstić information content (AvgIpc) is 2.96. The summed E-state index contributed by atoms with van der Waals surface area (Å²) in [5.74, 6) is -0.763. The number of nitrogens with one attached hydrogen (secondary N) is 1. The Morgan fingerprint density at radius 1 is 1.42 bits per heavy atom. The van der Waals surface area contributed by atoms with Gasteiger partial charge in [0.1, 0.15) is 0 Å². The summed E-state index contributed by atoms with van der Waals surface area (Å²) in [5, 5.41) is 20.6. The highest BCUT2D eigenvalue weighted by molar-refractivity contribution is 5.77. The summed E-state index contributed by atoms with van der Waals surface area (Å²) in [6, 6.07) is 1.45. The normalized spacial score (nSPS) is 31.8. The average molecular weight is 265 g/mol. The lowest BCUT2D eigenvalue weighted by Gasteiger charge is -2.30. The third-order valence-corrected chi connectivity index (χ3v) is 4.40. The molecule has 0 heterocycles. The summed E-state index contributed by atoms with van der Waals surface area (Å²) >= 11 is 0. The van der Waals surface area contributed by atoms with Crippen LogP contribution in [0.25, 0.3) is 0 Å². The Bertz CT molecular complexity index is 418. The molecule has 2 bridgehead atoms. The highest BCUT2D eigenvalue weighted by Crippen LogP contribution is 2.48. The number of carboxylic acids is 1. The minimum absolute atomic E-state index is 0.206. The molecule has 0 radical (unpaired) electrons. The van der Waals surface area contributed by atoms with Crippen LogP contribution in [-0.4, -0.2) is 41.6 Å². The fourth-order valence-electron chi connectivity index (χ4n) is 3.43. The van der Waals surface area contributed by atoms with Crippen molar-refractivity contribution in [2.75, 3.05) is 13.6 Å². The molecule has 2 fully saturated rings. The molecule has 6 heteroatoms. The molecule has 2 rings (SSSR count). The lowest BCUT2D eigenvalue weighted by Crippen LogP contribution is -2.50. The Morgan fingerprint density at radius 3 is 2.74 bits per heavy atom. The monoisotopic (exact) mass is 265 g/mol. The molecule has 2 N–H and O–H groups in total. The van der Waals surface area contributed by atoms with E-state index in [9.17, 15) is 14.7 Å². The number of hydrogen-bond acceptors (Lipinski definition) is 3. The van der Waals surface area contributed by atoms with E-state index in [0.717, 1.165) is 19.3 Å². The van der Waals surface area contributed by atoms with E-state index in [1.165, 1.54) is 4.90 Å². The number of rotatable bonds is 4. The zero-order chi connectivity index (χ0) is 14.0. The second-order valence-corrected chi connectivity index (χ2v) is 5.50. The maximum atomic E-state index is 12.0. The Balaban J connectivity index is 1.96. The van der Waals surface area contributed by atoms with Crippen LogP contribution in [0.5, 0.6) is 0 Å². The minimum atomic E-state index is -0.808. The third kappa shape index (κ3) is 2.65. The van der Waals surface area contributed by atoms with Crippen molar-refractivity contribution in [2.24, 2.45) is 17.8 Å². The summed E-state index contributed by atoms with van der Waals surface area (Å²) in [6.07, 6.45) is 3.15. The van der Waals surface area contributed by atoms with Crippen LogP contribution in [-0.2, 0) is 4.79 Å². The van der Waals surface area contributed by atoms with Crippen molar-refractivity contribution in [2.45, 2.75) is 31.7 Å². The maximum Gasteiger partial charge on any atom is 0.317 e. The number of carbonyl (C=O) groups excluding carboxylic acids is 1. The smallest absolute Gasteiger partial charge is 0.317 e. The number of hydrogen-bond donors (Lipinski definition) is 2. The molecule has 4 atom stereocenters. The van der Waals surface area contributed by atoms with Gasteiger partial charge in [-0.05, 0) is 31.1 Å². The predicted molar refractivity (Wildman–Crippen MR) is 67.1 cm³/mol. The minimum Gasteiger partial charge on any atom is -0.481 e. The number of urea groups is 1. The first kappa shape index (κ1) is 13.7. The summed E-state index contributed by atoms with van der Waals surface area (Å²) in [4.78, 5) is 24.7. The van der Waals surface area contributed by atoms with E-state index in [0.29, 0.717) is 12.5 Å². The molecule has 19 heavy (non-hydrogen) atoms. The standard InChI is InChI=1S/C13H19N3O3/c1-16(6-2-5-14)13(19)15-11-9-4-3-8(7-9)10(11)12(17)18/h8-11H,2-4,6-7H2,1H3,(H,15,19)(H,17,18). The van der Waals surface area contributed by atoms with Crippen LogP contribution in [0.1, 0.15) is 25.7 Å². The Kier molecular flexibility index (Phi) is 3.93.